The molecule has 1 fully saturated rings. The summed E-state index contributed by atoms with van der Waals surface area (Å²) in [6.07, 6.45) is -0.0199. The smallest absolute Gasteiger partial charge is 0.411 e. The lowest BCUT2D eigenvalue weighted by Crippen LogP contribution is -2.51. The summed E-state index contributed by atoms with van der Waals surface area (Å²) >= 11 is 0. The molecule has 0 aliphatic carbocycles. The molecule has 0 bridgehead atoms. The molecule has 1 aromatic heterocycles. The number of aromatic nitrogens is 1. The van der Waals surface area contributed by atoms with Crippen molar-refractivity contribution in [2.24, 2.45) is 5.73 Å². The summed E-state index contributed by atoms with van der Waals surface area (Å²) in [5.74, 6) is 0. The van der Waals surface area contributed by atoms with Crippen LogP contribution in [0.3, 0.4) is 0 Å². The molecule has 0 saturated carbocycles. The minimum atomic E-state index is -1.02. The molecule has 0 atom stereocenters. The van der Waals surface area contributed by atoms with Crippen LogP contribution >= 0.6 is 0 Å². The van der Waals surface area contributed by atoms with E-state index in [1.807, 2.05) is 30.3 Å². The summed E-state index contributed by atoms with van der Waals surface area (Å²) in [7, 11) is 0. The minimum absolute atomic E-state index is 0.158. The van der Waals surface area contributed by atoms with Crippen molar-refractivity contribution in [3.05, 3.63) is 59.9 Å². The molecule has 1 aliphatic heterocycles. The lowest BCUT2D eigenvalue weighted by atomic mass is 9.96. The van der Waals surface area contributed by atoms with Crippen LogP contribution < -0.4 is 11.1 Å². The van der Waals surface area contributed by atoms with Gasteiger partial charge in [0.05, 0.1) is 18.9 Å². The number of hydrogen-bond donors (Lipinski definition) is 2. The van der Waals surface area contributed by atoms with Gasteiger partial charge in [-0.2, -0.15) is 0 Å². The maximum absolute atomic E-state index is 11.9. The second-order valence-electron chi connectivity index (χ2n) is 5.52. The number of amides is 2. The number of anilines is 1. The fraction of sp³-hybridized carbons (Fsp3) is 0.235. The highest BCUT2D eigenvalue weighted by Crippen LogP contribution is 2.33. The van der Waals surface area contributed by atoms with Crippen LogP contribution in [-0.2, 0) is 26.4 Å². The van der Waals surface area contributed by atoms with Crippen molar-refractivity contribution in [2.75, 3.05) is 18.5 Å². The van der Waals surface area contributed by atoms with Crippen LogP contribution in [0, 0.1) is 0 Å². The summed E-state index contributed by atoms with van der Waals surface area (Å²) < 4.78 is 15.4. The second-order valence-corrected chi connectivity index (χ2v) is 5.52. The van der Waals surface area contributed by atoms with Gasteiger partial charge in [-0.1, -0.05) is 30.3 Å². The zero-order valence-corrected chi connectivity index (χ0v) is 13.3. The number of benzene rings is 1. The molecule has 2 aromatic rings. The van der Waals surface area contributed by atoms with Gasteiger partial charge in [0.15, 0.2) is 0 Å². The van der Waals surface area contributed by atoms with E-state index in [-0.39, 0.29) is 19.8 Å². The average molecular weight is 343 g/mol. The Kier molecular flexibility index (Phi) is 4.80. The Labute approximate surface area is 143 Å². The third kappa shape index (κ3) is 4.04. The molecular formula is C17H17N3O5. The number of nitrogens with one attached hydrogen (secondary N) is 1. The van der Waals surface area contributed by atoms with Crippen molar-refractivity contribution in [2.45, 2.75) is 12.2 Å². The van der Waals surface area contributed by atoms with E-state index in [1.54, 1.807) is 12.1 Å². The Morgan fingerprint density at radius 3 is 2.64 bits per heavy atom. The van der Waals surface area contributed by atoms with Crippen molar-refractivity contribution in [3.63, 3.8) is 0 Å². The first-order valence-corrected chi connectivity index (χ1v) is 7.58. The van der Waals surface area contributed by atoms with Crippen molar-refractivity contribution in [1.29, 1.82) is 0 Å². The van der Waals surface area contributed by atoms with Crippen LogP contribution in [0.4, 0.5) is 15.3 Å². The fourth-order valence-corrected chi connectivity index (χ4v) is 2.37. The van der Waals surface area contributed by atoms with Crippen LogP contribution in [-0.4, -0.2) is 30.4 Å². The number of carbonyl (C=O) groups excluding carboxylic acids is 2. The molecule has 130 valence electrons. The molecule has 0 spiro atoms. The number of hydrogen-bond acceptors (Lipinski definition) is 6. The molecule has 0 radical (unpaired) electrons. The third-order valence-electron chi connectivity index (χ3n) is 3.65. The summed E-state index contributed by atoms with van der Waals surface area (Å²) in [5.41, 5.74) is 5.87. The van der Waals surface area contributed by atoms with E-state index >= 15 is 0 Å². The van der Waals surface area contributed by atoms with Crippen molar-refractivity contribution < 1.29 is 23.8 Å². The maximum Gasteiger partial charge on any atom is 0.411 e. The minimum Gasteiger partial charge on any atom is -0.444 e. The van der Waals surface area contributed by atoms with Gasteiger partial charge < -0.3 is 19.9 Å². The molecule has 2 heterocycles. The van der Waals surface area contributed by atoms with Crippen molar-refractivity contribution >= 4 is 17.9 Å². The quantitative estimate of drug-likeness (QED) is 0.860. The summed E-state index contributed by atoms with van der Waals surface area (Å²) in [6.45, 7) is 0.475. The monoisotopic (exact) mass is 343 g/mol. The number of nitrogens with two attached hydrogens (primary N) is 1. The molecule has 8 heteroatoms. The Morgan fingerprint density at radius 1 is 1.24 bits per heavy atom. The van der Waals surface area contributed by atoms with Crippen LogP contribution in [0.15, 0.2) is 48.7 Å². The van der Waals surface area contributed by atoms with Crippen LogP contribution in [0.5, 0.6) is 0 Å². The van der Waals surface area contributed by atoms with E-state index < -0.39 is 17.8 Å². The SMILES string of the molecule is NC(=O)OC1(c2cc(NC(=O)OCc3ccccc3)ccn2)COC1. The van der Waals surface area contributed by atoms with Gasteiger partial charge >= 0.3 is 12.2 Å². The Hall–Kier alpha value is -3.13. The number of pyridine rings is 1. The van der Waals surface area contributed by atoms with Crippen LogP contribution in [0.2, 0.25) is 0 Å². The first-order valence-electron chi connectivity index (χ1n) is 7.58. The molecule has 3 rings (SSSR count). The topological polar surface area (TPSA) is 113 Å². The fourth-order valence-electron chi connectivity index (χ4n) is 2.37. The van der Waals surface area contributed by atoms with Gasteiger partial charge in [0.25, 0.3) is 0 Å². The first kappa shape index (κ1) is 16.7. The molecule has 2 amide bonds. The van der Waals surface area contributed by atoms with E-state index in [4.69, 9.17) is 19.9 Å². The van der Waals surface area contributed by atoms with Crippen LogP contribution in [0.1, 0.15) is 11.3 Å². The van der Waals surface area contributed by atoms with Gasteiger partial charge in [-0.05, 0) is 17.7 Å². The highest BCUT2D eigenvalue weighted by Gasteiger charge is 2.45. The summed E-state index contributed by atoms with van der Waals surface area (Å²) in [5, 5.41) is 2.61. The number of ether oxygens (including phenoxy) is 3. The molecular weight excluding hydrogens is 326 g/mol. The highest BCUT2D eigenvalue weighted by molar-refractivity contribution is 5.84. The molecule has 3 N–H and O–H groups in total. The Bertz CT molecular complexity index is 762. The molecule has 1 saturated heterocycles. The molecule has 8 nitrogen and oxygen atoms in total. The lowest BCUT2D eigenvalue weighted by molar-refractivity contribution is -0.185. The number of carbonyl (C=O) groups is 2. The van der Waals surface area contributed by atoms with E-state index in [1.165, 1.54) is 6.20 Å². The normalized spacial score (nSPS) is 14.9. The van der Waals surface area contributed by atoms with Gasteiger partial charge in [-0.3, -0.25) is 10.3 Å². The van der Waals surface area contributed by atoms with Crippen molar-refractivity contribution in [3.8, 4) is 0 Å². The van der Waals surface area contributed by atoms with Gasteiger partial charge in [0, 0.05) is 11.9 Å². The molecule has 25 heavy (non-hydrogen) atoms. The van der Waals surface area contributed by atoms with Gasteiger partial charge in [0.2, 0.25) is 5.60 Å². The lowest BCUT2D eigenvalue weighted by Gasteiger charge is -2.39. The molecule has 1 aromatic carbocycles. The predicted molar refractivity (Wildman–Crippen MR) is 87.7 cm³/mol. The second kappa shape index (κ2) is 7.18. The van der Waals surface area contributed by atoms with Crippen LogP contribution in [0.25, 0.3) is 0 Å². The first-order chi connectivity index (χ1) is 12.1. The average Bonchev–Trinajstić information content (AvgIpc) is 2.57. The number of primary amides is 1. The molecule has 1 aliphatic rings. The van der Waals surface area contributed by atoms with E-state index in [9.17, 15) is 9.59 Å². The zero-order chi connectivity index (χ0) is 17.7. The number of rotatable bonds is 5. The largest absolute Gasteiger partial charge is 0.444 e. The molecule has 0 unspecified atom stereocenters. The van der Waals surface area contributed by atoms with Crippen molar-refractivity contribution in [1.82, 2.24) is 4.98 Å². The Balaban J connectivity index is 1.63. The summed E-state index contributed by atoms with van der Waals surface area (Å²) in [4.78, 5) is 27.2. The summed E-state index contributed by atoms with van der Waals surface area (Å²) in [6, 6.07) is 12.5. The predicted octanol–water partition coefficient (Wildman–Crippen LogP) is 2.15. The van der Waals surface area contributed by atoms with E-state index in [0.29, 0.717) is 11.4 Å². The van der Waals surface area contributed by atoms with E-state index in [2.05, 4.69) is 10.3 Å². The highest BCUT2D eigenvalue weighted by atomic mass is 16.6. The van der Waals surface area contributed by atoms with Gasteiger partial charge in [-0.25, -0.2) is 9.59 Å². The third-order valence-corrected chi connectivity index (χ3v) is 3.65. The Morgan fingerprint density at radius 2 is 2.00 bits per heavy atom. The zero-order valence-electron chi connectivity index (χ0n) is 13.3. The van der Waals surface area contributed by atoms with E-state index in [0.717, 1.165) is 5.56 Å². The van der Waals surface area contributed by atoms with Gasteiger partial charge in [0.1, 0.15) is 6.61 Å². The standard InChI is InChI=1S/C17H17N3O5/c18-15(21)25-17(10-23-11-17)14-8-13(6-7-19-14)20-16(22)24-9-12-4-2-1-3-5-12/h1-8H,9-11H2,(H2,18,21)(H,19,20,22). The number of nitrogens with zero attached hydrogens (tertiary/aromatic N) is 1. The van der Waals surface area contributed by atoms with Gasteiger partial charge in [-0.15, -0.1) is 0 Å². The maximum atomic E-state index is 11.9.